The van der Waals surface area contributed by atoms with Crippen LogP contribution in [0.1, 0.15) is 26.2 Å². The standard InChI is InChI=1S/C12H19NO/c1-10-5-4-6-11(9-10)12(14)13-7-2-3-8-13/h4,6,9-10,12,14H,2-3,5,7-8H2,1H3/t10-,12?/m0/s1. The lowest BCUT2D eigenvalue weighted by Crippen LogP contribution is -2.34. The van der Waals surface area contributed by atoms with Crippen molar-refractivity contribution in [2.75, 3.05) is 13.1 Å². The number of allylic oxidation sites excluding steroid dienone is 2. The fraction of sp³-hybridized carbons (Fsp3) is 0.667. The number of rotatable bonds is 2. The minimum Gasteiger partial charge on any atom is -0.374 e. The molecule has 14 heavy (non-hydrogen) atoms. The Kier molecular flexibility index (Phi) is 3.04. The molecule has 2 aliphatic rings. The molecule has 0 bridgehead atoms. The Balaban J connectivity index is 2.02. The second-order valence-electron chi connectivity index (χ2n) is 4.40. The highest BCUT2D eigenvalue weighted by Crippen LogP contribution is 2.22. The fourth-order valence-corrected chi connectivity index (χ4v) is 2.24. The molecule has 2 atom stereocenters. The largest absolute Gasteiger partial charge is 0.374 e. The molecule has 0 radical (unpaired) electrons. The summed E-state index contributed by atoms with van der Waals surface area (Å²) in [7, 11) is 0. The molecule has 0 spiro atoms. The molecule has 0 aromatic rings. The molecule has 0 saturated carbocycles. The lowest BCUT2D eigenvalue weighted by Gasteiger charge is -2.25. The summed E-state index contributed by atoms with van der Waals surface area (Å²) in [4.78, 5) is 2.16. The quantitative estimate of drug-likeness (QED) is 0.724. The molecule has 2 rings (SSSR count). The summed E-state index contributed by atoms with van der Waals surface area (Å²) in [5, 5.41) is 10.1. The van der Waals surface area contributed by atoms with Gasteiger partial charge in [0, 0.05) is 13.1 Å². The molecule has 2 heteroatoms. The van der Waals surface area contributed by atoms with E-state index in [9.17, 15) is 5.11 Å². The monoisotopic (exact) mass is 193 g/mol. The molecule has 0 aromatic carbocycles. The van der Waals surface area contributed by atoms with Crippen molar-refractivity contribution in [2.24, 2.45) is 5.92 Å². The molecule has 1 heterocycles. The molecule has 1 saturated heterocycles. The van der Waals surface area contributed by atoms with E-state index >= 15 is 0 Å². The molecule has 1 aliphatic heterocycles. The van der Waals surface area contributed by atoms with Gasteiger partial charge in [-0.25, -0.2) is 0 Å². The van der Waals surface area contributed by atoms with Crippen molar-refractivity contribution < 1.29 is 5.11 Å². The minimum absolute atomic E-state index is 0.364. The zero-order valence-electron chi connectivity index (χ0n) is 8.82. The van der Waals surface area contributed by atoms with Gasteiger partial charge in [-0.2, -0.15) is 0 Å². The number of hydrogen-bond donors (Lipinski definition) is 1. The highest BCUT2D eigenvalue weighted by atomic mass is 16.3. The summed E-state index contributed by atoms with van der Waals surface area (Å²) in [6, 6.07) is 0. The molecule has 1 aliphatic carbocycles. The number of hydrogen-bond acceptors (Lipinski definition) is 2. The van der Waals surface area contributed by atoms with Crippen LogP contribution < -0.4 is 0 Å². The maximum Gasteiger partial charge on any atom is 0.133 e. The smallest absolute Gasteiger partial charge is 0.133 e. The molecule has 1 N–H and O–H groups in total. The third kappa shape index (κ3) is 2.07. The van der Waals surface area contributed by atoms with Crippen molar-refractivity contribution in [2.45, 2.75) is 32.4 Å². The predicted molar refractivity (Wildman–Crippen MR) is 57.8 cm³/mol. The second kappa shape index (κ2) is 4.28. The first-order chi connectivity index (χ1) is 6.77. The number of aliphatic hydroxyl groups is 1. The van der Waals surface area contributed by atoms with E-state index in [0.717, 1.165) is 25.1 Å². The van der Waals surface area contributed by atoms with Crippen molar-refractivity contribution >= 4 is 0 Å². The van der Waals surface area contributed by atoms with Gasteiger partial charge in [0.1, 0.15) is 6.23 Å². The van der Waals surface area contributed by atoms with Crippen molar-refractivity contribution in [3.8, 4) is 0 Å². The summed E-state index contributed by atoms with van der Waals surface area (Å²) in [5.41, 5.74) is 1.09. The highest BCUT2D eigenvalue weighted by Gasteiger charge is 2.22. The molecular formula is C12H19NO. The Morgan fingerprint density at radius 3 is 2.79 bits per heavy atom. The first kappa shape index (κ1) is 9.94. The second-order valence-corrected chi connectivity index (χ2v) is 4.40. The first-order valence-corrected chi connectivity index (χ1v) is 5.58. The van der Waals surface area contributed by atoms with Crippen LogP contribution in [0.2, 0.25) is 0 Å². The summed E-state index contributed by atoms with van der Waals surface area (Å²) < 4.78 is 0. The van der Waals surface area contributed by atoms with Crippen LogP contribution >= 0.6 is 0 Å². The van der Waals surface area contributed by atoms with E-state index in [2.05, 4.69) is 30.1 Å². The van der Waals surface area contributed by atoms with Crippen molar-refractivity contribution in [3.63, 3.8) is 0 Å². The van der Waals surface area contributed by atoms with Gasteiger partial charge in [-0.3, -0.25) is 4.90 Å². The maximum absolute atomic E-state index is 10.1. The van der Waals surface area contributed by atoms with Gasteiger partial charge in [-0.1, -0.05) is 25.2 Å². The van der Waals surface area contributed by atoms with Crippen molar-refractivity contribution in [1.29, 1.82) is 0 Å². The average Bonchev–Trinajstić information content (AvgIpc) is 2.69. The van der Waals surface area contributed by atoms with Crippen LogP contribution in [0.3, 0.4) is 0 Å². The molecular weight excluding hydrogens is 174 g/mol. The lowest BCUT2D eigenvalue weighted by atomic mass is 9.97. The zero-order chi connectivity index (χ0) is 9.97. The summed E-state index contributed by atoms with van der Waals surface area (Å²) in [5.74, 6) is 0.576. The molecule has 0 amide bonds. The summed E-state index contributed by atoms with van der Waals surface area (Å²) in [6.07, 6.45) is 9.63. The Bertz CT molecular complexity index is 251. The van der Waals surface area contributed by atoms with Crippen LogP contribution in [0.5, 0.6) is 0 Å². The third-order valence-electron chi connectivity index (χ3n) is 3.08. The van der Waals surface area contributed by atoms with Gasteiger partial charge in [0.25, 0.3) is 0 Å². The SMILES string of the molecule is C[C@@H]1C=C(C(O)N2CCCC2)C=CC1. The summed E-state index contributed by atoms with van der Waals surface area (Å²) in [6.45, 7) is 4.28. The van der Waals surface area contributed by atoms with E-state index in [0.29, 0.717) is 5.92 Å². The van der Waals surface area contributed by atoms with Gasteiger partial charge < -0.3 is 5.11 Å². The van der Waals surface area contributed by atoms with Crippen molar-refractivity contribution in [1.82, 2.24) is 4.90 Å². The van der Waals surface area contributed by atoms with Gasteiger partial charge in [0.15, 0.2) is 0 Å². The number of nitrogens with zero attached hydrogens (tertiary/aromatic N) is 1. The fourth-order valence-electron chi connectivity index (χ4n) is 2.24. The van der Waals surface area contributed by atoms with Crippen LogP contribution in [0.25, 0.3) is 0 Å². The normalized spacial score (nSPS) is 30.4. The lowest BCUT2D eigenvalue weighted by molar-refractivity contribution is 0.0534. The van der Waals surface area contributed by atoms with Gasteiger partial charge in [0.05, 0.1) is 0 Å². The summed E-state index contributed by atoms with van der Waals surface area (Å²) >= 11 is 0. The van der Waals surface area contributed by atoms with Crippen LogP contribution in [-0.2, 0) is 0 Å². The minimum atomic E-state index is -0.364. The first-order valence-electron chi connectivity index (χ1n) is 5.58. The van der Waals surface area contributed by atoms with Gasteiger partial charge >= 0.3 is 0 Å². The van der Waals surface area contributed by atoms with E-state index in [4.69, 9.17) is 0 Å². The Hall–Kier alpha value is -0.600. The van der Waals surface area contributed by atoms with Crippen LogP contribution in [0.4, 0.5) is 0 Å². The number of likely N-dealkylation sites (tertiary alicyclic amines) is 1. The van der Waals surface area contributed by atoms with E-state index in [1.54, 1.807) is 0 Å². The van der Waals surface area contributed by atoms with Crippen LogP contribution in [0.15, 0.2) is 23.8 Å². The van der Waals surface area contributed by atoms with E-state index < -0.39 is 0 Å². The number of aliphatic hydroxyl groups excluding tert-OH is 1. The third-order valence-corrected chi connectivity index (χ3v) is 3.08. The van der Waals surface area contributed by atoms with E-state index in [-0.39, 0.29) is 6.23 Å². The van der Waals surface area contributed by atoms with E-state index in [1.807, 2.05) is 0 Å². The van der Waals surface area contributed by atoms with Gasteiger partial charge in [-0.15, -0.1) is 0 Å². The maximum atomic E-state index is 10.1. The van der Waals surface area contributed by atoms with Gasteiger partial charge in [0.2, 0.25) is 0 Å². The Morgan fingerprint density at radius 1 is 1.43 bits per heavy atom. The zero-order valence-corrected chi connectivity index (χ0v) is 8.82. The molecule has 1 unspecified atom stereocenters. The topological polar surface area (TPSA) is 23.5 Å². The highest BCUT2D eigenvalue weighted by molar-refractivity contribution is 5.26. The average molecular weight is 193 g/mol. The van der Waals surface area contributed by atoms with Crippen LogP contribution in [0, 0.1) is 5.92 Å². The Labute approximate surface area is 85.9 Å². The van der Waals surface area contributed by atoms with Crippen LogP contribution in [-0.4, -0.2) is 29.3 Å². The molecule has 1 fully saturated rings. The van der Waals surface area contributed by atoms with Crippen molar-refractivity contribution in [3.05, 3.63) is 23.8 Å². The van der Waals surface area contributed by atoms with E-state index in [1.165, 1.54) is 12.8 Å². The Morgan fingerprint density at radius 2 is 2.14 bits per heavy atom. The molecule has 2 nitrogen and oxygen atoms in total. The molecule has 0 aromatic heterocycles. The predicted octanol–water partition coefficient (Wildman–Crippen LogP) is 1.92. The van der Waals surface area contributed by atoms with Gasteiger partial charge in [-0.05, 0) is 30.8 Å². The molecule has 78 valence electrons.